The van der Waals surface area contributed by atoms with Crippen molar-refractivity contribution in [2.24, 2.45) is 0 Å². The maximum absolute atomic E-state index is 5.33. The first kappa shape index (κ1) is 8.88. The topological polar surface area (TPSA) is 25.0 Å². The van der Waals surface area contributed by atoms with E-state index in [4.69, 9.17) is 4.74 Å². The highest BCUT2D eigenvalue weighted by atomic mass is 16.5. The van der Waals surface area contributed by atoms with Crippen molar-refractivity contribution in [3.63, 3.8) is 0 Å². The van der Waals surface area contributed by atoms with Gasteiger partial charge >= 0.3 is 0 Å². The van der Waals surface area contributed by atoms with Crippen molar-refractivity contribution in [2.45, 2.75) is 6.92 Å². The van der Waals surface area contributed by atoms with Crippen LogP contribution in [0.3, 0.4) is 0 Å². The van der Waals surface area contributed by atoms with Gasteiger partial charge in [0.2, 0.25) is 0 Å². The van der Waals surface area contributed by atoms with Crippen LogP contribution < -0.4 is 0 Å². The maximum atomic E-state index is 5.33. The molecule has 2 nitrogen and oxygen atoms in total. The highest BCUT2D eigenvalue weighted by Crippen LogP contribution is 2.19. The van der Waals surface area contributed by atoms with Crippen LogP contribution >= 0.6 is 0 Å². The van der Waals surface area contributed by atoms with Gasteiger partial charge in [-0.15, -0.1) is 0 Å². The number of H-pyrrole nitrogens is 1. The first-order valence-electron chi connectivity index (χ1n) is 4.71. The van der Waals surface area contributed by atoms with E-state index in [9.17, 15) is 0 Å². The van der Waals surface area contributed by atoms with Gasteiger partial charge in [0.1, 0.15) is 5.76 Å². The Kier molecular flexibility index (Phi) is 2.27. The number of ether oxygens (including phenoxy) is 1. The second-order valence-electron chi connectivity index (χ2n) is 3.13. The van der Waals surface area contributed by atoms with E-state index >= 15 is 0 Å². The van der Waals surface area contributed by atoms with Gasteiger partial charge in [0, 0.05) is 10.9 Å². The Balaban J connectivity index is 2.40. The summed E-state index contributed by atoms with van der Waals surface area (Å²) in [6, 6.07) is 10.2. The van der Waals surface area contributed by atoms with Crippen molar-refractivity contribution < 1.29 is 4.74 Å². The molecule has 0 radical (unpaired) electrons. The number of hydrogen-bond acceptors (Lipinski definition) is 1. The number of nitrogens with one attached hydrogen (secondary N) is 1. The molecule has 0 bridgehead atoms. The lowest BCUT2D eigenvalue weighted by Crippen LogP contribution is -1.89. The molecule has 2 aromatic rings. The van der Waals surface area contributed by atoms with Gasteiger partial charge in [0.15, 0.2) is 0 Å². The Morgan fingerprint density at radius 2 is 2.21 bits per heavy atom. The first-order valence-corrected chi connectivity index (χ1v) is 4.71. The minimum absolute atomic E-state index is 0.647. The predicted octanol–water partition coefficient (Wildman–Crippen LogP) is 3.18. The van der Waals surface area contributed by atoms with E-state index in [-0.39, 0.29) is 0 Å². The molecule has 1 N–H and O–H groups in total. The zero-order chi connectivity index (χ0) is 9.97. The minimum Gasteiger partial charge on any atom is -0.492 e. The number of aromatic amines is 1. The summed E-state index contributed by atoms with van der Waals surface area (Å²) in [6.45, 7) is 6.46. The molecule has 1 aromatic heterocycles. The number of hydrogen-bond donors (Lipinski definition) is 1. The number of rotatable bonds is 3. The van der Waals surface area contributed by atoms with Crippen molar-refractivity contribution in [2.75, 3.05) is 6.61 Å². The van der Waals surface area contributed by atoms with Gasteiger partial charge in [0.05, 0.1) is 12.3 Å². The molecule has 1 aromatic carbocycles. The zero-order valence-corrected chi connectivity index (χ0v) is 8.21. The molecule has 0 amide bonds. The molecule has 0 aliphatic rings. The van der Waals surface area contributed by atoms with Crippen LogP contribution in [0.25, 0.3) is 16.7 Å². The van der Waals surface area contributed by atoms with Crippen molar-refractivity contribution >= 4 is 16.7 Å². The lowest BCUT2D eigenvalue weighted by molar-refractivity contribution is 0.298. The quantitative estimate of drug-likeness (QED) is 0.733. The van der Waals surface area contributed by atoms with Crippen LogP contribution in [0.5, 0.6) is 0 Å². The molecule has 0 saturated carbocycles. The molecule has 0 saturated heterocycles. The highest BCUT2D eigenvalue weighted by Gasteiger charge is 2.03. The molecule has 0 spiro atoms. The summed E-state index contributed by atoms with van der Waals surface area (Å²) >= 11 is 0. The van der Waals surface area contributed by atoms with Gasteiger partial charge in [-0.05, 0) is 19.1 Å². The summed E-state index contributed by atoms with van der Waals surface area (Å²) in [5.74, 6) is 0.698. The Labute approximate surface area is 83.2 Å². The molecular weight excluding hydrogens is 174 g/mol. The maximum Gasteiger partial charge on any atom is 0.135 e. The normalized spacial score (nSPS) is 10.4. The zero-order valence-electron chi connectivity index (χ0n) is 8.21. The van der Waals surface area contributed by atoms with E-state index in [0.717, 1.165) is 11.2 Å². The summed E-state index contributed by atoms with van der Waals surface area (Å²) < 4.78 is 5.33. The molecule has 14 heavy (non-hydrogen) atoms. The van der Waals surface area contributed by atoms with Crippen LogP contribution in [-0.2, 0) is 4.74 Å². The second-order valence-corrected chi connectivity index (χ2v) is 3.13. The van der Waals surface area contributed by atoms with Crippen molar-refractivity contribution in [3.8, 4) is 0 Å². The number of aromatic nitrogens is 1. The monoisotopic (exact) mass is 187 g/mol. The summed E-state index contributed by atoms with van der Waals surface area (Å²) in [5, 5.41) is 1.18. The van der Waals surface area contributed by atoms with Crippen molar-refractivity contribution in [3.05, 3.63) is 42.6 Å². The molecule has 0 aliphatic carbocycles. The standard InChI is InChI=1S/C12H13NO/c1-3-14-9(2)12-8-10-6-4-5-7-11(10)13-12/h4-8,13H,2-3H2,1H3. The third-order valence-corrected chi connectivity index (χ3v) is 2.15. The van der Waals surface area contributed by atoms with E-state index < -0.39 is 0 Å². The minimum atomic E-state index is 0.647. The van der Waals surface area contributed by atoms with Crippen LogP contribution in [-0.4, -0.2) is 11.6 Å². The van der Waals surface area contributed by atoms with Crippen LogP contribution in [0.2, 0.25) is 0 Å². The summed E-state index contributed by atoms with van der Waals surface area (Å²) in [7, 11) is 0. The molecule has 2 heteroatoms. The van der Waals surface area contributed by atoms with E-state index in [1.807, 2.05) is 31.2 Å². The fraction of sp³-hybridized carbons (Fsp3) is 0.167. The van der Waals surface area contributed by atoms with E-state index in [0.29, 0.717) is 12.4 Å². The smallest absolute Gasteiger partial charge is 0.135 e. The predicted molar refractivity (Wildman–Crippen MR) is 59.0 cm³/mol. The Hall–Kier alpha value is -1.70. The molecular formula is C12H13NO. The van der Waals surface area contributed by atoms with Gasteiger partial charge in [0.25, 0.3) is 0 Å². The largest absolute Gasteiger partial charge is 0.492 e. The van der Waals surface area contributed by atoms with E-state index in [2.05, 4.69) is 17.6 Å². The Morgan fingerprint density at radius 1 is 1.43 bits per heavy atom. The molecule has 2 rings (SSSR count). The second kappa shape index (κ2) is 3.58. The lowest BCUT2D eigenvalue weighted by Gasteiger charge is -2.02. The third kappa shape index (κ3) is 1.51. The molecule has 0 atom stereocenters. The Morgan fingerprint density at radius 3 is 2.93 bits per heavy atom. The van der Waals surface area contributed by atoms with Crippen LogP contribution in [0, 0.1) is 0 Å². The van der Waals surface area contributed by atoms with E-state index in [1.165, 1.54) is 5.39 Å². The number of para-hydroxylation sites is 1. The van der Waals surface area contributed by atoms with Crippen LogP contribution in [0.15, 0.2) is 36.9 Å². The average molecular weight is 187 g/mol. The fourth-order valence-corrected chi connectivity index (χ4v) is 1.48. The fourth-order valence-electron chi connectivity index (χ4n) is 1.48. The molecule has 1 heterocycles. The van der Waals surface area contributed by atoms with Crippen LogP contribution in [0.4, 0.5) is 0 Å². The number of fused-ring (bicyclic) bond motifs is 1. The SMILES string of the molecule is C=C(OCC)c1cc2ccccc2[nH]1. The highest BCUT2D eigenvalue weighted by molar-refractivity contribution is 5.83. The molecule has 0 aliphatic heterocycles. The summed E-state index contributed by atoms with van der Waals surface area (Å²) in [4.78, 5) is 3.26. The third-order valence-electron chi connectivity index (χ3n) is 2.15. The average Bonchev–Trinajstić information content (AvgIpc) is 2.61. The van der Waals surface area contributed by atoms with Gasteiger partial charge < -0.3 is 9.72 Å². The van der Waals surface area contributed by atoms with Crippen LogP contribution in [0.1, 0.15) is 12.6 Å². The van der Waals surface area contributed by atoms with Gasteiger partial charge in [-0.25, -0.2) is 0 Å². The summed E-state index contributed by atoms with van der Waals surface area (Å²) in [5.41, 5.74) is 2.07. The Bertz CT molecular complexity index is 423. The van der Waals surface area contributed by atoms with Crippen molar-refractivity contribution in [1.82, 2.24) is 4.98 Å². The van der Waals surface area contributed by atoms with Crippen molar-refractivity contribution in [1.29, 1.82) is 0 Å². The molecule has 0 fully saturated rings. The molecule has 72 valence electrons. The summed E-state index contributed by atoms with van der Waals surface area (Å²) in [6.07, 6.45) is 0. The van der Waals surface area contributed by atoms with Gasteiger partial charge in [-0.2, -0.15) is 0 Å². The van der Waals surface area contributed by atoms with E-state index in [1.54, 1.807) is 0 Å². The van der Waals surface area contributed by atoms with Gasteiger partial charge in [-0.3, -0.25) is 0 Å². The molecule has 0 unspecified atom stereocenters. The van der Waals surface area contributed by atoms with Gasteiger partial charge in [-0.1, -0.05) is 24.8 Å². The number of benzene rings is 1. The first-order chi connectivity index (χ1) is 6.81. The lowest BCUT2D eigenvalue weighted by atomic mass is 10.2.